The van der Waals surface area contributed by atoms with Crippen molar-refractivity contribution in [1.82, 2.24) is 9.80 Å². The van der Waals surface area contributed by atoms with Gasteiger partial charge in [-0.2, -0.15) is 0 Å². The second-order valence-electron chi connectivity index (χ2n) is 6.67. The zero-order valence-electron chi connectivity index (χ0n) is 14.5. The molecule has 0 unspecified atom stereocenters. The van der Waals surface area contributed by atoms with E-state index in [0.717, 1.165) is 43.2 Å². The van der Waals surface area contributed by atoms with Crippen LogP contribution in [0.4, 0.5) is 0 Å². The van der Waals surface area contributed by atoms with Crippen molar-refractivity contribution in [2.24, 2.45) is 0 Å². The van der Waals surface area contributed by atoms with Crippen molar-refractivity contribution in [2.75, 3.05) is 26.7 Å². The van der Waals surface area contributed by atoms with Gasteiger partial charge in [0.1, 0.15) is 5.75 Å². The maximum Gasteiger partial charge on any atom is 0.257 e. The van der Waals surface area contributed by atoms with Crippen LogP contribution in [0.15, 0.2) is 36.4 Å². The normalized spacial score (nSPS) is 16.4. The zero-order valence-corrected chi connectivity index (χ0v) is 14.5. The molecule has 1 heterocycles. The fourth-order valence-corrected chi connectivity index (χ4v) is 3.63. The molecule has 0 aliphatic carbocycles. The smallest absolute Gasteiger partial charge is 0.257 e. The van der Waals surface area contributed by atoms with Crippen LogP contribution >= 0.6 is 0 Å². The lowest BCUT2D eigenvalue weighted by atomic mass is 10.0. The quantitative estimate of drug-likeness (QED) is 0.935. The molecule has 0 spiro atoms. The fraction of sp³-hybridized carbons (Fsp3) is 0.450. The van der Waals surface area contributed by atoms with Gasteiger partial charge in [-0.05, 0) is 37.3 Å². The van der Waals surface area contributed by atoms with Gasteiger partial charge in [0.25, 0.3) is 5.91 Å². The summed E-state index contributed by atoms with van der Waals surface area (Å²) in [5.41, 5.74) is 0.396. The first-order valence-electron chi connectivity index (χ1n) is 8.82. The minimum Gasteiger partial charge on any atom is -0.506 e. The fourth-order valence-electron chi connectivity index (χ4n) is 3.63. The molecule has 4 nitrogen and oxygen atoms in total. The predicted octanol–water partition coefficient (Wildman–Crippen LogP) is 3.49. The van der Waals surface area contributed by atoms with Crippen LogP contribution < -0.4 is 0 Å². The number of benzene rings is 2. The van der Waals surface area contributed by atoms with Crippen molar-refractivity contribution in [2.45, 2.75) is 32.2 Å². The van der Waals surface area contributed by atoms with Crippen LogP contribution in [-0.2, 0) is 0 Å². The van der Waals surface area contributed by atoms with Gasteiger partial charge < -0.3 is 14.9 Å². The minimum absolute atomic E-state index is 0.0906. The Morgan fingerprint density at radius 1 is 1.21 bits per heavy atom. The highest BCUT2D eigenvalue weighted by Gasteiger charge is 2.27. The molecular weight excluding hydrogens is 300 g/mol. The maximum absolute atomic E-state index is 12.9. The van der Waals surface area contributed by atoms with Crippen molar-refractivity contribution in [3.63, 3.8) is 0 Å². The number of carbonyl (C=O) groups is 1. The number of piperidine rings is 1. The van der Waals surface area contributed by atoms with E-state index in [-0.39, 0.29) is 17.7 Å². The summed E-state index contributed by atoms with van der Waals surface area (Å²) in [6.07, 6.45) is 3.16. The van der Waals surface area contributed by atoms with E-state index >= 15 is 0 Å². The Morgan fingerprint density at radius 2 is 1.92 bits per heavy atom. The van der Waals surface area contributed by atoms with Crippen LogP contribution in [0.2, 0.25) is 0 Å². The maximum atomic E-state index is 12.9. The largest absolute Gasteiger partial charge is 0.506 e. The number of amides is 1. The van der Waals surface area contributed by atoms with Crippen molar-refractivity contribution in [3.05, 3.63) is 42.0 Å². The van der Waals surface area contributed by atoms with Crippen LogP contribution in [-0.4, -0.2) is 53.5 Å². The Balaban J connectivity index is 1.76. The van der Waals surface area contributed by atoms with E-state index in [0.29, 0.717) is 5.56 Å². The van der Waals surface area contributed by atoms with E-state index in [2.05, 4.69) is 11.8 Å². The molecular formula is C20H26N2O2. The Morgan fingerprint density at radius 3 is 2.62 bits per heavy atom. The van der Waals surface area contributed by atoms with Crippen molar-refractivity contribution in [3.8, 4) is 5.75 Å². The first-order valence-corrected chi connectivity index (χ1v) is 8.82. The molecule has 0 aromatic heterocycles. The van der Waals surface area contributed by atoms with E-state index in [1.165, 1.54) is 6.42 Å². The molecule has 1 aliphatic heterocycles. The van der Waals surface area contributed by atoms with Crippen molar-refractivity contribution >= 4 is 16.7 Å². The molecule has 1 aliphatic rings. The van der Waals surface area contributed by atoms with E-state index in [4.69, 9.17) is 0 Å². The topological polar surface area (TPSA) is 43.8 Å². The monoisotopic (exact) mass is 326 g/mol. The molecule has 1 fully saturated rings. The van der Waals surface area contributed by atoms with Gasteiger partial charge >= 0.3 is 0 Å². The van der Waals surface area contributed by atoms with E-state index in [1.54, 1.807) is 6.07 Å². The van der Waals surface area contributed by atoms with Gasteiger partial charge in [0.15, 0.2) is 0 Å². The second-order valence-corrected chi connectivity index (χ2v) is 6.67. The van der Waals surface area contributed by atoms with Crippen molar-refractivity contribution < 1.29 is 9.90 Å². The van der Waals surface area contributed by atoms with Gasteiger partial charge in [-0.25, -0.2) is 0 Å². The number of phenolic OH excluding ortho intramolecular Hbond substituents is 1. The number of carbonyl (C=O) groups excluding carboxylic acids is 1. The number of phenols is 1. The SMILES string of the molecule is CCCN1CCC(N(C)C(=O)c2ccc3ccccc3c2O)CC1. The second kappa shape index (κ2) is 7.22. The molecule has 0 radical (unpaired) electrons. The van der Waals surface area contributed by atoms with Gasteiger partial charge in [0.05, 0.1) is 5.56 Å². The molecule has 1 N–H and O–H groups in total. The van der Waals surface area contributed by atoms with Crippen LogP contribution in [0.1, 0.15) is 36.5 Å². The van der Waals surface area contributed by atoms with E-state index in [1.807, 2.05) is 42.3 Å². The Kier molecular flexibility index (Phi) is 5.05. The zero-order chi connectivity index (χ0) is 17.1. The third-order valence-electron chi connectivity index (χ3n) is 5.10. The Hall–Kier alpha value is -2.07. The number of aromatic hydroxyl groups is 1. The summed E-state index contributed by atoms with van der Waals surface area (Å²) in [6, 6.07) is 11.5. The predicted molar refractivity (Wildman–Crippen MR) is 97.5 cm³/mol. The first-order chi connectivity index (χ1) is 11.6. The molecule has 2 aromatic rings. The number of nitrogens with zero attached hydrogens (tertiary/aromatic N) is 2. The van der Waals surface area contributed by atoms with Gasteiger partial charge in [-0.3, -0.25) is 4.79 Å². The van der Waals surface area contributed by atoms with Crippen LogP contribution in [0.5, 0.6) is 5.75 Å². The van der Waals surface area contributed by atoms with Gasteiger partial charge in [0, 0.05) is 31.6 Å². The highest BCUT2D eigenvalue weighted by atomic mass is 16.3. The van der Waals surface area contributed by atoms with Gasteiger partial charge in [-0.1, -0.05) is 37.3 Å². The summed E-state index contributed by atoms with van der Waals surface area (Å²) in [4.78, 5) is 17.1. The highest BCUT2D eigenvalue weighted by molar-refractivity contribution is 6.03. The number of likely N-dealkylation sites (tertiary alicyclic amines) is 1. The number of hydrogen-bond acceptors (Lipinski definition) is 3. The molecule has 4 heteroatoms. The van der Waals surface area contributed by atoms with Crippen molar-refractivity contribution in [1.29, 1.82) is 0 Å². The molecule has 24 heavy (non-hydrogen) atoms. The van der Waals surface area contributed by atoms with Gasteiger partial charge in [-0.15, -0.1) is 0 Å². The number of fused-ring (bicyclic) bond motifs is 1. The molecule has 1 amide bonds. The average molecular weight is 326 g/mol. The molecule has 2 aromatic carbocycles. The lowest BCUT2D eigenvalue weighted by molar-refractivity contribution is 0.0640. The Bertz CT molecular complexity index is 721. The van der Waals surface area contributed by atoms with Crippen LogP contribution in [0.3, 0.4) is 0 Å². The highest BCUT2D eigenvalue weighted by Crippen LogP contribution is 2.30. The number of rotatable bonds is 4. The average Bonchev–Trinajstić information content (AvgIpc) is 2.62. The van der Waals surface area contributed by atoms with Crippen LogP contribution in [0.25, 0.3) is 10.8 Å². The molecule has 0 bridgehead atoms. The molecule has 3 rings (SSSR count). The third kappa shape index (κ3) is 3.24. The van der Waals surface area contributed by atoms with Gasteiger partial charge in [0.2, 0.25) is 0 Å². The van der Waals surface area contributed by atoms with Crippen LogP contribution in [0, 0.1) is 0 Å². The summed E-state index contributed by atoms with van der Waals surface area (Å²) in [6.45, 7) is 5.42. The lowest BCUT2D eigenvalue weighted by Gasteiger charge is -2.36. The Labute approximate surface area is 143 Å². The summed E-state index contributed by atoms with van der Waals surface area (Å²) < 4.78 is 0. The summed E-state index contributed by atoms with van der Waals surface area (Å²) in [5.74, 6) is 0.000522. The third-order valence-corrected chi connectivity index (χ3v) is 5.10. The minimum atomic E-state index is -0.0906. The molecule has 1 saturated heterocycles. The summed E-state index contributed by atoms with van der Waals surface area (Å²) in [7, 11) is 1.86. The molecule has 128 valence electrons. The summed E-state index contributed by atoms with van der Waals surface area (Å²) >= 11 is 0. The molecule has 0 atom stereocenters. The van der Waals surface area contributed by atoms with E-state index < -0.39 is 0 Å². The summed E-state index contributed by atoms with van der Waals surface area (Å²) in [5, 5.41) is 12.2. The van der Waals surface area contributed by atoms with E-state index in [9.17, 15) is 9.90 Å². The molecule has 0 saturated carbocycles. The lowest BCUT2D eigenvalue weighted by Crippen LogP contribution is -2.45. The number of hydrogen-bond donors (Lipinski definition) is 1. The standard InChI is InChI=1S/C20H26N2O2/c1-3-12-22-13-10-16(11-14-22)21(2)20(24)18-9-8-15-6-4-5-7-17(15)19(18)23/h4-9,16,23H,3,10-14H2,1-2H3. The first kappa shape index (κ1) is 16.8.